The minimum Gasteiger partial charge on any atom is -0.351 e. The Morgan fingerprint density at radius 1 is 1.25 bits per heavy atom. The van der Waals surface area contributed by atoms with Crippen molar-refractivity contribution in [3.63, 3.8) is 0 Å². The Hall–Kier alpha value is -3.17. The summed E-state index contributed by atoms with van der Waals surface area (Å²) in [6.07, 6.45) is 10.4. The lowest BCUT2D eigenvalue weighted by Crippen LogP contribution is -2.56. The van der Waals surface area contributed by atoms with Gasteiger partial charge in [-0.3, -0.25) is 9.47 Å². The van der Waals surface area contributed by atoms with Crippen molar-refractivity contribution in [2.24, 2.45) is 7.05 Å². The molecule has 0 bridgehead atoms. The monoisotopic (exact) mass is 485 g/mol. The molecule has 2 aliphatic rings. The Kier molecular flexibility index (Phi) is 8.11. The van der Waals surface area contributed by atoms with Gasteiger partial charge in [0, 0.05) is 49.6 Å². The number of piperazine rings is 1. The van der Waals surface area contributed by atoms with Crippen molar-refractivity contribution >= 4 is 18.0 Å². The molecular weight excluding hydrogens is 446 g/mol. The van der Waals surface area contributed by atoms with Crippen LogP contribution in [0, 0.1) is 11.3 Å². The van der Waals surface area contributed by atoms with Gasteiger partial charge in [0.15, 0.2) is 0 Å². The van der Waals surface area contributed by atoms with E-state index in [1.807, 2.05) is 6.08 Å². The zero-order chi connectivity index (χ0) is 25.8. The average Bonchev–Trinajstić information content (AvgIpc) is 3.73. The van der Waals surface area contributed by atoms with Crippen LogP contribution in [-0.4, -0.2) is 40.1 Å². The normalized spacial score (nSPS) is 21.1. The van der Waals surface area contributed by atoms with Crippen LogP contribution in [0.1, 0.15) is 76.5 Å². The van der Waals surface area contributed by atoms with E-state index < -0.39 is 0 Å². The Balaban J connectivity index is 1.63. The molecule has 1 saturated carbocycles. The maximum atomic E-state index is 12.9. The van der Waals surface area contributed by atoms with Crippen molar-refractivity contribution < 1.29 is 0 Å². The standard InChI is InChI=1S/C30H39N5O/c1-6-7-8-27-28(16-9-21(2)19-31)33(5)30(36)32-29(27)35-18-17-34(20-22(35)3)23(4)24-10-12-25(13-11-24)26-14-15-26/h8-13,16,22-23,26H,6-7,14-15,17-18,20H2,1-5H3/b21-9+,27-8-,28-16+. The van der Waals surface area contributed by atoms with E-state index in [4.69, 9.17) is 0 Å². The minimum atomic E-state index is -0.272. The fourth-order valence-electron chi connectivity index (χ4n) is 5.10. The quantitative estimate of drug-likeness (QED) is 0.559. The van der Waals surface area contributed by atoms with Crippen LogP contribution in [0.25, 0.3) is 12.2 Å². The van der Waals surface area contributed by atoms with E-state index in [0.717, 1.165) is 54.8 Å². The van der Waals surface area contributed by atoms with Crippen LogP contribution >= 0.6 is 0 Å². The van der Waals surface area contributed by atoms with Crippen LogP contribution in [-0.2, 0) is 7.05 Å². The predicted octanol–water partition coefficient (Wildman–Crippen LogP) is 3.76. The van der Waals surface area contributed by atoms with E-state index in [-0.39, 0.29) is 11.7 Å². The molecule has 2 unspecified atom stereocenters. The Bertz CT molecular complexity index is 1330. The Morgan fingerprint density at radius 2 is 1.97 bits per heavy atom. The van der Waals surface area contributed by atoms with Gasteiger partial charge in [-0.25, -0.2) is 4.79 Å². The molecule has 1 saturated heterocycles. The lowest BCUT2D eigenvalue weighted by molar-refractivity contribution is 0.175. The van der Waals surface area contributed by atoms with Gasteiger partial charge in [-0.1, -0.05) is 43.7 Å². The summed E-state index contributed by atoms with van der Waals surface area (Å²) in [5.41, 5.74) is 3.17. The van der Waals surface area contributed by atoms with Gasteiger partial charge in [-0.15, -0.1) is 0 Å². The number of allylic oxidation sites excluding steroid dienone is 2. The number of unbranched alkanes of at least 4 members (excludes halogenated alkanes) is 1. The maximum Gasteiger partial charge on any atom is 0.349 e. The Morgan fingerprint density at radius 3 is 2.58 bits per heavy atom. The molecular formula is C30H39N5O. The molecule has 2 aromatic rings. The highest BCUT2D eigenvalue weighted by Crippen LogP contribution is 2.40. The summed E-state index contributed by atoms with van der Waals surface area (Å²) in [4.78, 5) is 22.3. The fraction of sp³-hybridized carbons (Fsp3) is 0.500. The second-order valence-corrected chi connectivity index (χ2v) is 10.4. The van der Waals surface area contributed by atoms with E-state index in [9.17, 15) is 10.1 Å². The molecule has 4 rings (SSSR count). The van der Waals surface area contributed by atoms with Crippen LogP contribution in [0.3, 0.4) is 0 Å². The fourth-order valence-corrected chi connectivity index (χ4v) is 5.10. The van der Waals surface area contributed by atoms with Gasteiger partial charge in [0.2, 0.25) is 0 Å². The third-order valence-electron chi connectivity index (χ3n) is 7.62. The molecule has 1 aromatic carbocycles. The molecule has 1 aliphatic heterocycles. The maximum absolute atomic E-state index is 12.9. The highest BCUT2D eigenvalue weighted by atomic mass is 16.1. The largest absolute Gasteiger partial charge is 0.351 e. The van der Waals surface area contributed by atoms with Crippen molar-refractivity contribution in [3.05, 3.63) is 68.1 Å². The van der Waals surface area contributed by atoms with Gasteiger partial charge < -0.3 is 4.90 Å². The van der Waals surface area contributed by atoms with Crippen LogP contribution in [0.15, 0.2) is 40.7 Å². The van der Waals surface area contributed by atoms with Crippen LogP contribution < -0.4 is 21.2 Å². The summed E-state index contributed by atoms with van der Waals surface area (Å²) >= 11 is 0. The van der Waals surface area contributed by atoms with E-state index in [0.29, 0.717) is 11.6 Å². The molecule has 0 radical (unpaired) electrons. The molecule has 0 amide bonds. The first-order valence-corrected chi connectivity index (χ1v) is 13.3. The van der Waals surface area contributed by atoms with Gasteiger partial charge in [-0.2, -0.15) is 10.2 Å². The first kappa shape index (κ1) is 25.9. The van der Waals surface area contributed by atoms with Gasteiger partial charge in [0.25, 0.3) is 0 Å². The highest BCUT2D eigenvalue weighted by Gasteiger charge is 2.29. The molecule has 0 spiro atoms. The molecule has 2 fully saturated rings. The average molecular weight is 486 g/mol. The smallest absolute Gasteiger partial charge is 0.349 e. The third-order valence-corrected chi connectivity index (χ3v) is 7.62. The summed E-state index contributed by atoms with van der Waals surface area (Å²) in [6, 6.07) is 11.9. The van der Waals surface area contributed by atoms with Crippen molar-refractivity contribution in [2.45, 2.75) is 71.4 Å². The molecule has 190 valence electrons. The zero-order valence-electron chi connectivity index (χ0n) is 22.4. The first-order chi connectivity index (χ1) is 17.3. The molecule has 6 nitrogen and oxygen atoms in total. The number of aromatic nitrogens is 2. The minimum absolute atomic E-state index is 0.213. The third kappa shape index (κ3) is 5.63. The van der Waals surface area contributed by atoms with Crippen molar-refractivity contribution in [2.75, 3.05) is 24.5 Å². The highest BCUT2D eigenvalue weighted by molar-refractivity contribution is 5.50. The van der Waals surface area contributed by atoms with Gasteiger partial charge in [0.1, 0.15) is 5.82 Å². The second-order valence-electron chi connectivity index (χ2n) is 10.4. The zero-order valence-corrected chi connectivity index (χ0v) is 22.4. The van der Waals surface area contributed by atoms with Gasteiger partial charge in [-0.05, 0) is 69.2 Å². The topological polar surface area (TPSA) is 65.2 Å². The van der Waals surface area contributed by atoms with Crippen LogP contribution in [0.2, 0.25) is 0 Å². The Labute approximate surface area is 214 Å². The van der Waals surface area contributed by atoms with Crippen molar-refractivity contribution in [1.29, 1.82) is 5.26 Å². The molecule has 1 aromatic heterocycles. The lowest BCUT2D eigenvalue weighted by atomic mass is 10.0. The number of hydrogen-bond acceptors (Lipinski definition) is 5. The van der Waals surface area contributed by atoms with E-state index in [1.54, 1.807) is 24.6 Å². The summed E-state index contributed by atoms with van der Waals surface area (Å²) in [5.74, 6) is 1.54. The first-order valence-electron chi connectivity index (χ1n) is 13.3. The van der Waals surface area contributed by atoms with E-state index >= 15 is 0 Å². The van der Waals surface area contributed by atoms with E-state index in [1.165, 1.54) is 24.0 Å². The molecule has 6 heteroatoms. The predicted molar refractivity (Wildman–Crippen MR) is 147 cm³/mol. The van der Waals surface area contributed by atoms with Gasteiger partial charge >= 0.3 is 5.69 Å². The molecule has 0 N–H and O–H groups in total. The lowest BCUT2D eigenvalue weighted by Gasteiger charge is -2.43. The number of hydrogen-bond donors (Lipinski definition) is 0. The molecule has 2 heterocycles. The second kappa shape index (κ2) is 11.3. The van der Waals surface area contributed by atoms with Crippen LogP contribution in [0.5, 0.6) is 0 Å². The summed E-state index contributed by atoms with van der Waals surface area (Å²) in [6.45, 7) is 11.1. The number of nitrogens with zero attached hydrogens (tertiary/aromatic N) is 5. The number of rotatable bonds is 7. The van der Waals surface area contributed by atoms with Crippen molar-refractivity contribution in [1.82, 2.24) is 14.5 Å². The molecule has 2 atom stereocenters. The van der Waals surface area contributed by atoms with Crippen LogP contribution in [0.4, 0.5) is 5.82 Å². The van der Waals surface area contributed by atoms with Crippen molar-refractivity contribution in [3.8, 4) is 6.07 Å². The summed E-state index contributed by atoms with van der Waals surface area (Å²) < 4.78 is 1.58. The summed E-state index contributed by atoms with van der Waals surface area (Å²) in [7, 11) is 1.75. The number of anilines is 1. The molecule has 1 aliphatic carbocycles. The molecule has 36 heavy (non-hydrogen) atoms. The number of nitriles is 1. The van der Waals surface area contributed by atoms with Gasteiger partial charge in [0.05, 0.1) is 11.4 Å². The summed E-state index contributed by atoms with van der Waals surface area (Å²) in [5, 5.41) is 11.0. The number of benzene rings is 1. The SMILES string of the molecule is CCC\C=c1/c(N2CCN(C(C)c3ccc(C4CC4)cc3)CC2C)nc(=O)n(C)/c1=C/C=C(\C)C#N. The van der Waals surface area contributed by atoms with E-state index in [2.05, 4.69) is 72.0 Å².